The van der Waals surface area contributed by atoms with Crippen molar-refractivity contribution in [3.63, 3.8) is 0 Å². The van der Waals surface area contributed by atoms with Crippen LogP contribution in [0, 0.1) is 0 Å². The molecule has 2 aromatic heterocycles. The molecule has 0 spiro atoms. The molecule has 20 heavy (non-hydrogen) atoms. The lowest BCUT2D eigenvalue weighted by Crippen LogP contribution is -2.26. The maximum Gasteiger partial charge on any atom is 0.243 e. The van der Waals surface area contributed by atoms with Crippen LogP contribution < -0.4 is 11.3 Å². The zero-order valence-electron chi connectivity index (χ0n) is 10.6. The van der Waals surface area contributed by atoms with Crippen molar-refractivity contribution in [3.05, 3.63) is 39.1 Å². The Morgan fingerprint density at radius 3 is 2.85 bits per heavy atom. The van der Waals surface area contributed by atoms with E-state index in [9.17, 15) is 8.42 Å². The molecule has 0 aliphatic heterocycles. The summed E-state index contributed by atoms with van der Waals surface area (Å²) in [6, 6.07) is 4.74. The van der Waals surface area contributed by atoms with E-state index >= 15 is 0 Å². The number of hydrazine groups is 1. The molecule has 0 saturated heterocycles. The van der Waals surface area contributed by atoms with Crippen molar-refractivity contribution in [3.8, 4) is 0 Å². The number of nitrogens with two attached hydrogens (primary N) is 1. The summed E-state index contributed by atoms with van der Waals surface area (Å²) in [4.78, 5) is 5.00. The molecular weight excluding hydrogens is 364 g/mol. The third-order valence-electron chi connectivity index (χ3n) is 2.59. The number of nitrogens with one attached hydrogen (secondary N) is 1. The lowest BCUT2D eigenvalue weighted by atomic mass is 10.5. The summed E-state index contributed by atoms with van der Waals surface area (Å²) in [5.74, 6) is 5.54. The first-order chi connectivity index (χ1) is 9.43. The highest BCUT2D eigenvalue weighted by molar-refractivity contribution is 9.10. The van der Waals surface area contributed by atoms with E-state index in [1.54, 1.807) is 7.05 Å². The van der Waals surface area contributed by atoms with Crippen LogP contribution in [0.4, 0.5) is 5.82 Å². The standard InChI is InChI=1S/C11H13BrN4O2S2/c1-16(6-9-4-8(12)7-19-9)20(17,18)10-2-3-14-11(5-10)15-13/h2-5,7H,6,13H2,1H3,(H,14,15). The Morgan fingerprint density at radius 2 is 2.25 bits per heavy atom. The van der Waals surface area contributed by atoms with E-state index in [0.29, 0.717) is 12.4 Å². The van der Waals surface area contributed by atoms with Crippen LogP contribution in [0.25, 0.3) is 0 Å². The van der Waals surface area contributed by atoms with Gasteiger partial charge in [-0.25, -0.2) is 19.2 Å². The fraction of sp³-hybridized carbons (Fsp3) is 0.182. The Balaban J connectivity index is 2.24. The highest BCUT2D eigenvalue weighted by atomic mass is 79.9. The molecular formula is C11H13BrN4O2S2. The van der Waals surface area contributed by atoms with Crippen molar-refractivity contribution >= 4 is 43.1 Å². The monoisotopic (exact) mass is 376 g/mol. The molecule has 6 nitrogen and oxygen atoms in total. The molecule has 0 amide bonds. The number of hydrogen-bond donors (Lipinski definition) is 2. The van der Waals surface area contributed by atoms with Gasteiger partial charge < -0.3 is 5.43 Å². The number of halogens is 1. The molecule has 9 heteroatoms. The lowest BCUT2D eigenvalue weighted by Gasteiger charge is -2.16. The first-order valence-corrected chi connectivity index (χ1v) is 8.66. The average Bonchev–Trinajstić information content (AvgIpc) is 2.84. The summed E-state index contributed by atoms with van der Waals surface area (Å²) in [5, 5.41) is 1.92. The molecule has 2 rings (SSSR count). The molecule has 2 aromatic rings. The minimum Gasteiger partial charge on any atom is -0.308 e. The van der Waals surface area contributed by atoms with Crippen LogP contribution in [0.3, 0.4) is 0 Å². The Hall–Kier alpha value is -1.00. The van der Waals surface area contributed by atoms with Crippen LogP contribution in [-0.2, 0) is 16.6 Å². The van der Waals surface area contributed by atoms with Crippen molar-refractivity contribution < 1.29 is 8.42 Å². The zero-order valence-corrected chi connectivity index (χ0v) is 13.8. The molecule has 0 unspecified atom stereocenters. The zero-order chi connectivity index (χ0) is 14.8. The predicted octanol–water partition coefficient (Wildman–Crippen LogP) is 2.01. The summed E-state index contributed by atoms with van der Waals surface area (Å²) >= 11 is 4.85. The van der Waals surface area contributed by atoms with Crippen LogP contribution in [0.5, 0.6) is 0 Å². The van der Waals surface area contributed by atoms with Gasteiger partial charge in [0.2, 0.25) is 10.0 Å². The molecule has 0 fully saturated rings. The third-order valence-corrected chi connectivity index (χ3v) is 6.07. The highest BCUT2D eigenvalue weighted by Gasteiger charge is 2.22. The van der Waals surface area contributed by atoms with Gasteiger partial charge in [0, 0.05) is 40.6 Å². The van der Waals surface area contributed by atoms with Crippen LogP contribution in [0.1, 0.15) is 4.88 Å². The van der Waals surface area contributed by atoms with E-state index in [1.807, 2.05) is 11.4 Å². The molecule has 0 aliphatic rings. The Kier molecular flexibility index (Phi) is 4.76. The van der Waals surface area contributed by atoms with Crippen molar-refractivity contribution in [2.45, 2.75) is 11.4 Å². The second-order valence-electron chi connectivity index (χ2n) is 4.01. The summed E-state index contributed by atoms with van der Waals surface area (Å²) in [6.07, 6.45) is 1.40. The van der Waals surface area contributed by atoms with Crippen LogP contribution in [0.2, 0.25) is 0 Å². The summed E-state index contributed by atoms with van der Waals surface area (Å²) in [5.41, 5.74) is 2.33. The summed E-state index contributed by atoms with van der Waals surface area (Å²) in [7, 11) is -2.03. The molecule has 0 radical (unpaired) electrons. The Morgan fingerprint density at radius 1 is 1.50 bits per heavy atom. The van der Waals surface area contributed by atoms with Gasteiger partial charge in [0.15, 0.2) is 0 Å². The number of anilines is 1. The minimum atomic E-state index is -3.57. The van der Waals surface area contributed by atoms with Crippen molar-refractivity contribution in [1.29, 1.82) is 0 Å². The van der Waals surface area contributed by atoms with Crippen molar-refractivity contribution in [2.75, 3.05) is 12.5 Å². The van der Waals surface area contributed by atoms with Gasteiger partial charge in [0.25, 0.3) is 0 Å². The number of nitrogen functional groups attached to an aromatic ring is 1. The molecule has 0 aromatic carbocycles. The Labute approximate surface area is 129 Å². The maximum absolute atomic E-state index is 12.4. The van der Waals surface area contributed by atoms with Gasteiger partial charge in [-0.2, -0.15) is 4.31 Å². The van der Waals surface area contributed by atoms with Crippen LogP contribution in [-0.4, -0.2) is 24.8 Å². The molecule has 3 N–H and O–H groups in total. The van der Waals surface area contributed by atoms with Gasteiger partial charge in [-0.1, -0.05) is 0 Å². The van der Waals surface area contributed by atoms with E-state index < -0.39 is 10.0 Å². The number of pyridine rings is 1. The average molecular weight is 377 g/mol. The van der Waals surface area contributed by atoms with E-state index in [-0.39, 0.29) is 4.90 Å². The summed E-state index contributed by atoms with van der Waals surface area (Å²) < 4.78 is 27.1. The van der Waals surface area contributed by atoms with E-state index in [1.165, 1.54) is 34.0 Å². The lowest BCUT2D eigenvalue weighted by molar-refractivity contribution is 0.469. The van der Waals surface area contributed by atoms with Gasteiger partial charge >= 0.3 is 0 Å². The van der Waals surface area contributed by atoms with Gasteiger partial charge in [-0.05, 0) is 28.1 Å². The van der Waals surface area contributed by atoms with E-state index in [0.717, 1.165) is 9.35 Å². The predicted molar refractivity (Wildman–Crippen MR) is 82.7 cm³/mol. The molecule has 108 valence electrons. The molecule has 0 atom stereocenters. The first kappa shape index (κ1) is 15.4. The van der Waals surface area contributed by atoms with Crippen LogP contribution >= 0.6 is 27.3 Å². The van der Waals surface area contributed by atoms with Gasteiger partial charge in [-0.15, -0.1) is 11.3 Å². The topological polar surface area (TPSA) is 88.3 Å². The van der Waals surface area contributed by atoms with E-state index in [2.05, 4.69) is 26.3 Å². The number of rotatable bonds is 5. The fourth-order valence-corrected chi connectivity index (χ4v) is 4.32. The minimum absolute atomic E-state index is 0.151. The van der Waals surface area contributed by atoms with Gasteiger partial charge in [0.05, 0.1) is 4.90 Å². The highest BCUT2D eigenvalue weighted by Crippen LogP contribution is 2.23. The van der Waals surface area contributed by atoms with Crippen LogP contribution in [0.15, 0.2) is 39.1 Å². The number of nitrogens with zero attached hydrogens (tertiary/aromatic N) is 2. The SMILES string of the molecule is CN(Cc1cc(Br)cs1)S(=O)(=O)c1ccnc(NN)c1. The molecule has 0 aliphatic carbocycles. The maximum atomic E-state index is 12.4. The number of aromatic nitrogens is 1. The number of hydrogen-bond acceptors (Lipinski definition) is 6. The quantitative estimate of drug-likeness (QED) is 0.615. The molecule has 0 bridgehead atoms. The normalized spacial score (nSPS) is 11.8. The fourth-order valence-electron chi connectivity index (χ4n) is 1.57. The third kappa shape index (κ3) is 3.36. The number of sulfonamides is 1. The molecule has 0 saturated carbocycles. The van der Waals surface area contributed by atoms with Crippen molar-refractivity contribution in [2.24, 2.45) is 5.84 Å². The summed E-state index contributed by atoms with van der Waals surface area (Å²) in [6.45, 7) is 0.312. The van der Waals surface area contributed by atoms with Gasteiger partial charge in [-0.3, -0.25) is 0 Å². The Bertz CT molecular complexity index is 702. The van der Waals surface area contributed by atoms with Crippen molar-refractivity contribution in [1.82, 2.24) is 9.29 Å². The second-order valence-corrected chi connectivity index (χ2v) is 7.97. The number of thiophene rings is 1. The first-order valence-electron chi connectivity index (χ1n) is 5.55. The largest absolute Gasteiger partial charge is 0.308 e. The van der Waals surface area contributed by atoms with Gasteiger partial charge in [0.1, 0.15) is 5.82 Å². The van der Waals surface area contributed by atoms with E-state index in [4.69, 9.17) is 5.84 Å². The molecule has 2 heterocycles. The smallest absolute Gasteiger partial charge is 0.243 e. The second kappa shape index (κ2) is 6.19.